The van der Waals surface area contributed by atoms with E-state index in [2.05, 4.69) is 29.8 Å². The van der Waals surface area contributed by atoms with E-state index < -0.39 is 0 Å². The first-order valence-corrected chi connectivity index (χ1v) is 7.86. The molecular formula is C15H24N2OS. The molecule has 1 N–H and O–H groups in total. The van der Waals surface area contributed by atoms with Crippen LogP contribution in [0.2, 0.25) is 0 Å². The monoisotopic (exact) mass is 280 g/mol. The molecule has 2 heterocycles. The third-order valence-electron chi connectivity index (χ3n) is 3.86. The van der Waals surface area contributed by atoms with E-state index in [0.717, 1.165) is 32.5 Å². The number of nitrogens with zero attached hydrogens (tertiary/aromatic N) is 2. The summed E-state index contributed by atoms with van der Waals surface area (Å²) in [5.41, 5.74) is 1.39. The Morgan fingerprint density at radius 3 is 3.05 bits per heavy atom. The molecule has 106 valence electrons. The van der Waals surface area contributed by atoms with Crippen LogP contribution in [0.5, 0.6) is 0 Å². The van der Waals surface area contributed by atoms with Gasteiger partial charge in [-0.15, -0.1) is 11.3 Å². The minimum Gasteiger partial charge on any atom is -0.396 e. The average molecular weight is 280 g/mol. The minimum absolute atomic E-state index is 0.0484. The Bertz CT molecular complexity index is 412. The van der Waals surface area contributed by atoms with Crippen LogP contribution in [0, 0.1) is 5.41 Å². The number of allylic oxidation sites excluding steroid dienone is 2. The molecule has 1 saturated heterocycles. The van der Waals surface area contributed by atoms with Gasteiger partial charge in [-0.05, 0) is 39.7 Å². The predicted octanol–water partition coefficient (Wildman–Crippen LogP) is 3.07. The summed E-state index contributed by atoms with van der Waals surface area (Å²) < 4.78 is 0. The number of rotatable bonds is 5. The molecule has 0 aliphatic carbocycles. The van der Waals surface area contributed by atoms with Crippen LogP contribution in [0.1, 0.15) is 38.1 Å². The summed E-state index contributed by atoms with van der Waals surface area (Å²) >= 11 is 1.72. The van der Waals surface area contributed by atoms with E-state index in [-0.39, 0.29) is 12.0 Å². The van der Waals surface area contributed by atoms with Crippen molar-refractivity contribution in [1.29, 1.82) is 0 Å². The van der Waals surface area contributed by atoms with Crippen molar-refractivity contribution in [1.82, 2.24) is 9.88 Å². The van der Waals surface area contributed by atoms with Crippen LogP contribution in [-0.2, 0) is 6.54 Å². The molecule has 4 heteroatoms. The van der Waals surface area contributed by atoms with Gasteiger partial charge in [0.2, 0.25) is 0 Å². The second-order valence-corrected chi connectivity index (χ2v) is 6.86. The van der Waals surface area contributed by atoms with Gasteiger partial charge in [0.25, 0.3) is 0 Å². The Balaban J connectivity index is 1.99. The first-order chi connectivity index (χ1) is 9.13. The SMILES string of the molecule is CC(C)=CC[C@@]1(CO)CCCN(Cc2nccs2)C1. The van der Waals surface area contributed by atoms with Gasteiger partial charge in [0.15, 0.2) is 0 Å². The highest BCUT2D eigenvalue weighted by Crippen LogP contribution is 2.34. The van der Waals surface area contributed by atoms with Crippen molar-refractivity contribution in [2.24, 2.45) is 5.41 Å². The second-order valence-electron chi connectivity index (χ2n) is 5.88. The smallest absolute Gasteiger partial charge is 0.107 e. The number of aliphatic hydroxyl groups excluding tert-OH is 1. The molecule has 2 rings (SSSR count). The Morgan fingerprint density at radius 1 is 1.58 bits per heavy atom. The van der Waals surface area contributed by atoms with Crippen molar-refractivity contribution in [3.63, 3.8) is 0 Å². The summed E-state index contributed by atoms with van der Waals surface area (Å²) in [4.78, 5) is 6.80. The minimum atomic E-state index is 0.0484. The van der Waals surface area contributed by atoms with Crippen molar-refractivity contribution in [3.8, 4) is 0 Å². The second kappa shape index (κ2) is 6.64. The summed E-state index contributed by atoms with van der Waals surface area (Å²) in [5, 5.41) is 13.0. The Morgan fingerprint density at radius 2 is 2.42 bits per heavy atom. The number of thiazole rings is 1. The topological polar surface area (TPSA) is 36.4 Å². The summed E-state index contributed by atoms with van der Waals surface area (Å²) in [5.74, 6) is 0. The lowest BCUT2D eigenvalue weighted by Crippen LogP contribution is -2.44. The third kappa shape index (κ3) is 4.13. The zero-order valence-corrected chi connectivity index (χ0v) is 12.7. The number of aliphatic hydroxyl groups is 1. The zero-order valence-electron chi connectivity index (χ0n) is 11.9. The van der Waals surface area contributed by atoms with Crippen LogP contribution >= 0.6 is 11.3 Å². The maximum Gasteiger partial charge on any atom is 0.107 e. The molecule has 1 aliphatic rings. The third-order valence-corrected chi connectivity index (χ3v) is 4.63. The molecule has 1 aromatic rings. The average Bonchev–Trinajstić information content (AvgIpc) is 2.90. The molecule has 0 spiro atoms. The van der Waals surface area contributed by atoms with Gasteiger partial charge in [-0.1, -0.05) is 11.6 Å². The van der Waals surface area contributed by atoms with Crippen LogP contribution in [0.3, 0.4) is 0 Å². The van der Waals surface area contributed by atoms with Crippen LogP contribution in [-0.4, -0.2) is 34.7 Å². The van der Waals surface area contributed by atoms with Gasteiger partial charge in [0.05, 0.1) is 13.2 Å². The Hall–Kier alpha value is -0.710. The fraction of sp³-hybridized carbons (Fsp3) is 0.667. The lowest BCUT2D eigenvalue weighted by atomic mass is 9.77. The Labute approximate surface area is 120 Å². The highest BCUT2D eigenvalue weighted by molar-refractivity contribution is 7.09. The van der Waals surface area contributed by atoms with E-state index in [1.807, 2.05) is 11.6 Å². The lowest BCUT2D eigenvalue weighted by molar-refractivity contribution is 0.0307. The van der Waals surface area contributed by atoms with Crippen molar-refractivity contribution >= 4 is 11.3 Å². The predicted molar refractivity (Wildman–Crippen MR) is 80.2 cm³/mol. The number of likely N-dealkylation sites (tertiary alicyclic amines) is 1. The molecule has 1 aliphatic heterocycles. The van der Waals surface area contributed by atoms with Crippen molar-refractivity contribution < 1.29 is 5.11 Å². The van der Waals surface area contributed by atoms with E-state index in [1.54, 1.807) is 11.3 Å². The summed E-state index contributed by atoms with van der Waals surface area (Å²) in [6.07, 6.45) is 7.42. The number of aromatic nitrogens is 1. The van der Waals surface area contributed by atoms with E-state index in [4.69, 9.17) is 0 Å². The molecular weight excluding hydrogens is 256 g/mol. The molecule has 0 aromatic carbocycles. The van der Waals surface area contributed by atoms with Crippen LogP contribution in [0.15, 0.2) is 23.2 Å². The van der Waals surface area contributed by atoms with Gasteiger partial charge in [0.1, 0.15) is 5.01 Å². The Kier molecular flexibility index (Phi) is 5.13. The normalized spacial score (nSPS) is 24.4. The molecule has 19 heavy (non-hydrogen) atoms. The van der Waals surface area contributed by atoms with E-state index in [1.165, 1.54) is 17.0 Å². The first-order valence-electron chi connectivity index (χ1n) is 6.98. The standard InChI is InChI=1S/C15H24N2OS/c1-13(2)4-6-15(12-18)5-3-8-17(11-15)10-14-16-7-9-19-14/h4,7,9,18H,3,5-6,8,10-12H2,1-2H3/t15-/m0/s1. The quantitative estimate of drug-likeness (QED) is 0.842. The van der Waals surface area contributed by atoms with Gasteiger partial charge in [0, 0.05) is 23.5 Å². The molecule has 1 atom stereocenters. The van der Waals surface area contributed by atoms with Crippen LogP contribution < -0.4 is 0 Å². The number of hydrogen-bond donors (Lipinski definition) is 1. The van der Waals surface area contributed by atoms with E-state index in [0.29, 0.717) is 0 Å². The molecule has 0 radical (unpaired) electrons. The summed E-state index contributed by atoms with van der Waals surface area (Å²) in [7, 11) is 0. The van der Waals surface area contributed by atoms with Crippen LogP contribution in [0.25, 0.3) is 0 Å². The van der Waals surface area contributed by atoms with Gasteiger partial charge in [-0.2, -0.15) is 0 Å². The summed E-state index contributed by atoms with van der Waals surface area (Å²) in [6.45, 7) is 7.56. The van der Waals surface area contributed by atoms with Gasteiger partial charge >= 0.3 is 0 Å². The number of hydrogen-bond acceptors (Lipinski definition) is 4. The largest absolute Gasteiger partial charge is 0.396 e. The molecule has 0 amide bonds. The van der Waals surface area contributed by atoms with E-state index in [9.17, 15) is 5.11 Å². The molecule has 1 aromatic heterocycles. The fourth-order valence-electron chi connectivity index (χ4n) is 2.75. The maximum atomic E-state index is 9.83. The van der Waals surface area contributed by atoms with Gasteiger partial charge < -0.3 is 5.11 Å². The van der Waals surface area contributed by atoms with Gasteiger partial charge in [-0.25, -0.2) is 4.98 Å². The molecule has 0 saturated carbocycles. The molecule has 0 unspecified atom stereocenters. The highest BCUT2D eigenvalue weighted by Gasteiger charge is 2.34. The zero-order chi connectivity index (χ0) is 13.7. The fourth-order valence-corrected chi connectivity index (χ4v) is 3.41. The van der Waals surface area contributed by atoms with Crippen LogP contribution in [0.4, 0.5) is 0 Å². The first kappa shape index (κ1) is 14.7. The van der Waals surface area contributed by atoms with Crippen molar-refractivity contribution in [3.05, 3.63) is 28.2 Å². The summed E-state index contributed by atoms with van der Waals surface area (Å²) in [6, 6.07) is 0. The molecule has 1 fully saturated rings. The number of piperidine rings is 1. The highest BCUT2D eigenvalue weighted by atomic mass is 32.1. The molecule has 0 bridgehead atoms. The van der Waals surface area contributed by atoms with Crippen molar-refractivity contribution in [2.45, 2.75) is 39.7 Å². The maximum absolute atomic E-state index is 9.83. The van der Waals surface area contributed by atoms with Crippen molar-refractivity contribution in [2.75, 3.05) is 19.7 Å². The molecule has 3 nitrogen and oxygen atoms in total. The van der Waals surface area contributed by atoms with E-state index >= 15 is 0 Å². The lowest BCUT2D eigenvalue weighted by Gasteiger charge is -2.41. The van der Waals surface area contributed by atoms with Gasteiger partial charge in [-0.3, -0.25) is 4.90 Å².